The maximum atomic E-state index is 13.4. The molecule has 7 heteroatoms. The van der Waals surface area contributed by atoms with E-state index in [0.717, 1.165) is 18.2 Å². The second-order valence-electron chi connectivity index (χ2n) is 3.77. The van der Waals surface area contributed by atoms with Gasteiger partial charge < -0.3 is 5.32 Å². The number of carbonyl (C=O) groups excluding carboxylic acids is 1. The quantitative estimate of drug-likeness (QED) is 0.663. The van der Waals surface area contributed by atoms with Crippen molar-refractivity contribution in [2.24, 2.45) is 0 Å². The van der Waals surface area contributed by atoms with Gasteiger partial charge in [0.05, 0.1) is 5.56 Å². The SMILES string of the molecule is O=C(Nc1c(F)cccc1F)c1ccc(F)c(F)c1F. The lowest BCUT2D eigenvalue weighted by Gasteiger charge is -2.08. The maximum absolute atomic E-state index is 13.4. The van der Waals surface area contributed by atoms with Gasteiger partial charge in [-0.1, -0.05) is 6.07 Å². The summed E-state index contributed by atoms with van der Waals surface area (Å²) in [6, 6.07) is 4.02. The molecule has 0 aliphatic carbocycles. The number of carbonyl (C=O) groups is 1. The predicted molar refractivity (Wildman–Crippen MR) is 60.6 cm³/mol. The Kier molecular flexibility index (Phi) is 3.69. The number of hydrogen-bond donors (Lipinski definition) is 1. The molecule has 0 spiro atoms. The van der Waals surface area contributed by atoms with E-state index in [1.54, 1.807) is 5.32 Å². The Balaban J connectivity index is 2.36. The van der Waals surface area contributed by atoms with Crippen LogP contribution in [-0.2, 0) is 0 Å². The third-order valence-corrected chi connectivity index (χ3v) is 2.48. The predicted octanol–water partition coefficient (Wildman–Crippen LogP) is 3.63. The first kappa shape index (κ1) is 14.0. The fourth-order valence-electron chi connectivity index (χ4n) is 1.50. The zero-order chi connectivity index (χ0) is 14.9. The Hall–Kier alpha value is -2.44. The van der Waals surface area contributed by atoms with Crippen LogP contribution < -0.4 is 5.32 Å². The van der Waals surface area contributed by atoms with Crippen molar-refractivity contribution in [2.75, 3.05) is 5.32 Å². The van der Waals surface area contributed by atoms with Gasteiger partial charge in [0.1, 0.15) is 17.3 Å². The first-order chi connectivity index (χ1) is 9.41. The van der Waals surface area contributed by atoms with Crippen LogP contribution in [-0.4, -0.2) is 5.91 Å². The van der Waals surface area contributed by atoms with Crippen molar-refractivity contribution < 1.29 is 26.7 Å². The zero-order valence-corrected chi connectivity index (χ0v) is 9.68. The minimum absolute atomic E-state index is 0.533. The molecule has 2 aromatic rings. The highest BCUT2D eigenvalue weighted by atomic mass is 19.2. The molecule has 0 fully saturated rings. The molecule has 0 aromatic heterocycles. The maximum Gasteiger partial charge on any atom is 0.258 e. The van der Waals surface area contributed by atoms with E-state index in [1.807, 2.05) is 0 Å². The molecule has 0 heterocycles. The number of nitrogens with one attached hydrogen (secondary N) is 1. The Bertz CT molecular complexity index is 666. The van der Waals surface area contributed by atoms with E-state index < -0.39 is 46.2 Å². The molecule has 0 unspecified atom stereocenters. The Morgan fingerprint density at radius 1 is 0.800 bits per heavy atom. The molecule has 104 valence electrons. The molecule has 0 saturated carbocycles. The van der Waals surface area contributed by atoms with E-state index >= 15 is 0 Å². The van der Waals surface area contributed by atoms with Crippen LogP contribution in [0.5, 0.6) is 0 Å². The summed E-state index contributed by atoms with van der Waals surface area (Å²) in [6.45, 7) is 0. The van der Waals surface area contributed by atoms with Crippen LogP contribution in [0.3, 0.4) is 0 Å². The molecule has 0 saturated heterocycles. The van der Waals surface area contributed by atoms with Crippen molar-refractivity contribution in [2.45, 2.75) is 0 Å². The van der Waals surface area contributed by atoms with Gasteiger partial charge in [-0.25, -0.2) is 22.0 Å². The van der Waals surface area contributed by atoms with Crippen LogP contribution in [0.25, 0.3) is 0 Å². The van der Waals surface area contributed by atoms with E-state index in [1.165, 1.54) is 0 Å². The standard InChI is InChI=1S/C13H6F5NO/c14-7-5-4-6(10(17)11(7)18)13(20)19-12-8(15)2-1-3-9(12)16/h1-5H,(H,19,20). The molecule has 0 atom stereocenters. The summed E-state index contributed by atoms with van der Waals surface area (Å²) >= 11 is 0. The van der Waals surface area contributed by atoms with E-state index in [2.05, 4.69) is 0 Å². The molecular formula is C13H6F5NO. The topological polar surface area (TPSA) is 29.1 Å². The van der Waals surface area contributed by atoms with Gasteiger partial charge in [-0.3, -0.25) is 4.79 Å². The molecule has 0 aliphatic rings. The molecule has 1 N–H and O–H groups in total. The summed E-state index contributed by atoms with van der Waals surface area (Å²) < 4.78 is 65.6. The number of amides is 1. The second kappa shape index (κ2) is 5.28. The van der Waals surface area contributed by atoms with Gasteiger partial charge in [-0.05, 0) is 24.3 Å². The molecule has 0 bridgehead atoms. The number of benzene rings is 2. The number of halogens is 5. The monoisotopic (exact) mass is 287 g/mol. The molecule has 0 aliphatic heterocycles. The minimum atomic E-state index is -1.84. The summed E-state index contributed by atoms with van der Waals surface area (Å²) in [7, 11) is 0. The lowest BCUT2D eigenvalue weighted by molar-refractivity contribution is 0.102. The molecule has 2 aromatic carbocycles. The fourth-order valence-corrected chi connectivity index (χ4v) is 1.50. The first-order valence-electron chi connectivity index (χ1n) is 5.30. The Morgan fingerprint density at radius 2 is 1.40 bits per heavy atom. The van der Waals surface area contributed by atoms with Crippen molar-refractivity contribution in [1.29, 1.82) is 0 Å². The summed E-state index contributed by atoms with van der Waals surface area (Å²) in [5.74, 6) is -8.52. The first-order valence-corrected chi connectivity index (χ1v) is 5.30. The van der Waals surface area contributed by atoms with Crippen LogP contribution in [0.4, 0.5) is 27.6 Å². The van der Waals surface area contributed by atoms with Gasteiger partial charge in [0, 0.05) is 0 Å². The van der Waals surface area contributed by atoms with Gasteiger partial charge in [-0.2, -0.15) is 0 Å². The third-order valence-electron chi connectivity index (χ3n) is 2.48. The van der Waals surface area contributed by atoms with E-state index in [0.29, 0.717) is 12.1 Å². The van der Waals surface area contributed by atoms with Crippen LogP contribution in [0, 0.1) is 29.1 Å². The number of para-hydroxylation sites is 1. The van der Waals surface area contributed by atoms with Gasteiger partial charge in [0.25, 0.3) is 5.91 Å². The van der Waals surface area contributed by atoms with Gasteiger partial charge in [-0.15, -0.1) is 0 Å². The van der Waals surface area contributed by atoms with Crippen molar-refractivity contribution >= 4 is 11.6 Å². The molecule has 2 nitrogen and oxygen atoms in total. The van der Waals surface area contributed by atoms with Crippen LogP contribution >= 0.6 is 0 Å². The fraction of sp³-hybridized carbons (Fsp3) is 0. The number of hydrogen-bond acceptors (Lipinski definition) is 1. The van der Waals surface area contributed by atoms with E-state index in [4.69, 9.17) is 0 Å². The summed E-state index contributed by atoms with van der Waals surface area (Å²) in [6.07, 6.45) is 0. The highest BCUT2D eigenvalue weighted by molar-refractivity contribution is 6.04. The molecule has 20 heavy (non-hydrogen) atoms. The van der Waals surface area contributed by atoms with Crippen molar-refractivity contribution in [1.82, 2.24) is 0 Å². The van der Waals surface area contributed by atoms with Gasteiger partial charge in [0.15, 0.2) is 17.5 Å². The largest absolute Gasteiger partial charge is 0.317 e. The molecule has 1 amide bonds. The second-order valence-corrected chi connectivity index (χ2v) is 3.77. The highest BCUT2D eigenvalue weighted by Crippen LogP contribution is 2.21. The van der Waals surface area contributed by atoms with Crippen molar-refractivity contribution in [3.05, 3.63) is 65.0 Å². The summed E-state index contributed by atoms with van der Waals surface area (Å²) in [4.78, 5) is 11.6. The highest BCUT2D eigenvalue weighted by Gasteiger charge is 2.20. The number of rotatable bonds is 2. The van der Waals surface area contributed by atoms with Gasteiger partial charge in [0.2, 0.25) is 0 Å². The lowest BCUT2D eigenvalue weighted by Crippen LogP contribution is -2.17. The average molecular weight is 287 g/mol. The van der Waals surface area contributed by atoms with Crippen LogP contribution in [0.15, 0.2) is 30.3 Å². The molecular weight excluding hydrogens is 281 g/mol. The minimum Gasteiger partial charge on any atom is -0.317 e. The smallest absolute Gasteiger partial charge is 0.258 e. The average Bonchev–Trinajstić information content (AvgIpc) is 2.40. The molecule has 0 radical (unpaired) electrons. The molecule has 2 rings (SSSR count). The van der Waals surface area contributed by atoms with Crippen LogP contribution in [0.2, 0.25) is 0 Å². The van der Waals surface area contributed by atoms with Crippen molar-refractivity contribution in [3.63, 3.8) is 0 Å². The number of anilines is 1. The zero-order valence-electron chi connectivity index (χ0n) is 9.68. The third kappa shape index (κ3) is 2.47. The summed E-state index contributed by atoms with van der Waals surface area (Å²) in [5.41, 5.74) is -1.67. The van der Waals surface area contributed by atoms with Crippen LogP contribution in [0.1, 0.15) is 10.4 Å². The lowest BCUT2D eigenvalue weighted by atomic mass is 10.1. The normalized spacial score (nSPS) is 10.4. The Labute approximate surface area is 109 Å². The van der Waals surface area contributed by atoms with Gasteiger partial charge >= 0.3 is 0 Å². The van der Waals surface area contributed by atoms with E-state index in [9.17, 15) is 26.7 Å². The Morgan fingerprint density at radius 3 is 2.00 bits per heavy atom. The summed E-state index contributed by atoms with van der Waals surface area (Å²) in [5, 5.41) is 1.76. The van der Waals surface area contributed by atoms with E-state index in [-0.39, 0.29) is 0 Å². The van der Waals surface area contributed by atoms with Crippen molar-refractivity contribution in [3.8, 4) is 0 Å².